The predicted octanol–water partition coefficient (Wildman–Crippen LogP) is 4.25. The highest BCUT2D eigenvalue weighted by Gasteiger charge is 2.14. The summed E-state index contributed by atoms with van der Waals surface area (Å²) in [6, 6.07) is 3.96. The minimum absolute atomic E-state index is 0.106. The lowest BCUT2D eigenvalue weighted by molar-refractivity contribution is -0.116. The normalized spacial score (nSPS) is 11.8. The molecular formula is C22H27N3O3. The minimum atomic E-state index is -0.106. The van der Waals surface area contributed by atoms with Crippen molar-refractivity contribution in [3.63, 3.8) is 0 Å². The number of carbonyl (C=O) groups is 1. The molecule has 0 aliphatic rings. The fourth-order valence-corrected chi connectivity index (χ4v) is 3.17. The molecule has 1 amide bonds. The molecule has 1 aromatic carbocycles. The van der Waals surface area contributed by atoms with E-state index < -0.39 is 0 Å². The molecule has 6 nitrogen and oxygen atoms in total. The van der Waals surface area contributed by atoms with Crippen LogP contribution in [0.5, 0.6) is 5.75 Å². The number of amides is 1. The number of furan rings is 1. The summed E-state index contributed by atoms with van der Waals surface area (Å²) in [4.78, 5) is 16.3. The Kier molecular flexibility index (Phi) is 6.19. The Balaban J connectivity index is 1.72. The maximum atomic E-state index is 12.3. The number of benzene rings is 1. The average molecular weight is 381 g/mol. The number of rotatable bonds is 8. The Morgan fingerprint density at radius 2 is 2.18 bits per heavy atom. The molecule has 0 radical (unpaired) electrons. The molecule has 3 aromatic rings. The van der Waals surface area contributed by atoms with Gasteiger partial charge in [0.05, 0.1) is 12.9 Å². The predicted molar refractivity (Wildman–Crippen MR) is 110 cm³/mol. The van der Waals surface area contributed by atoms with Crippen molar-refractivity contribution in [2.45, 2.75) is 40.7 Å². The molecule has 0 spiro atoms. The molecule has 0 atom stereocenters. The van der Waals surface area contributed by atoms with Crippen LogP contribution in [0.25, 0.3) is 16.5 Å². The number of fused-ring (bicyclic) bond motifs is 1. The fraction of sp³-hybridized carbons (Fsp3) is 0.364. The summed E-state index contributed by atoms with van der Waals surface area (Å²) in [5, 5.41) is 3.99. The number of ether oxygens (including phenoxy) is 1. The molecule has 0 aliphatic heterocycles. The van der Waals surface area contributed by atoms with Gasteiger partial charge in [-0.25, -0.2) is 4.98 Å². The van der Waals surface area contributed by atoms with Gasteiger partial charge in [-0.3, -0.25) is 4.79 Å². The van der Waals surface area contributed by atoms with Crippen LogP contribution in [-0.4, -0.2) is 28.6 Å². The molecule has 1 N–H and O–H groups in total. The molecule has 0 fully saturated rings. The van der Waals surface area contributed by atoms with Crippen molar-refractivity contribution < 1.29 is 13.9 Å². The topological polar surface area (TPSA) is 69.3 Å². The van der Waals surface area contributed by atoms with Crippen LogP contribution < -0.4 is 10.1 Å². The molecule has 2 heterocycles. The van der Waals surface area contributed by atoms with E-state index in [0.29, 0.717) is 13.2 Å². The Morgan fingerprint density at radius 1 is 1.36 bits per heavy atom. The molecule has 148 valence electrons. The largest absolute Gasteiger partial charge is 0.493 e. The van der Waals surface area contributed by atoms with Crippen LogP contribution in [-0.2, 0) is 11.3 Å². The zero-order valence-corrected chi connectivity index (χ0v) is 16.9. The minimum Gasteiger partial charge on any atom is -0.493 e. The van der Waals surface area contributed by atoms with Crippen LogP contribution in [0.3, 0.4) is 0 Å². The van der Waals surface area contributed by atoms with E-state index in [1.165, 1.54) is 0 Å². The van der Waals surface area contributed by atoms with Gasteiger partial charge in [-0.2, -0.15) is 0 Å². The zero-order chi connectivity index (χ0) is 20.1. The van der Waals surface area contributed by atoms with Crippen LogP contribution in [0.15, 0.2) is 41.3 Å². The number of aromatic nitrogens is 2. The molecule has 6 heteroatoms. The lowest BCUT2D eigenvalue weighted by Gasteiger charge is -2.11. The van der Waals surface area contributed by atoms with Gasteiger partial charge in [0, 0.05) is 48.6 Å². The summed E-state index contributed by atoms with van der Waals surface area (Å²) in [6.45, 7) is 9.85. The average Bonchev–Trinajstić information content (AvgIpc) is 3.27. The molecule has 0 saturated heterocycles. The number of nitrogens with zero attached hydrogens (tertiary/aromatic N) is 2. The van der Waals surface area contributed by atoms with E-state index in [2.05, 4.69) is 10.3 Å². The zero-order valence-electron chi connectivity index (χ0n) is 16.9. The van der Waals surface area contributed by atoms with Crippen molar-refractivity contribution in [3.8, 4) is 5.75 Å². The first kappa shape index (κ1) is 19.7. The molecule has 3 rings (SSSR count). The van der Waals surface area contributed by atoms with E-state index in [1.54, 1.807) is 18.6 Å². The standard InChI is InChI=1S/C22H27N3O3/c1-5-27-20-13-21-19(16(3)17(4)28-21)12-18(20)15(2)11-22(26)24-7-6-9-25-10-8-23-14-25/h8,10-14H,5-7,9H2,1-4H3,(H,24,26)/b15-11+. The van der Waals surface area contributed by atoms with E-state index in [0.717, 1.165) is 52.1 Å². The summed E-state index contributed by atoms with van der Waals surface area (Å²) in [7, 11) is 0. The highest BCUT2D eigenvalue weighted by molar-refractivity contribution is 5.97. The van der Waals surface area contributed by atoms with Crippen LogP contribution in [0.4, 0.5) is 0 Å². The van der Waals surface area contributed by atoms with E-state index in [4.69, 9.17) is 9.15 Å². The number of hydrogen-bond acceptors (Lipinski definition) is 4. The van der Waals surface area contributed by atoms with Crippen molar-refractivity contribution in [2.75, 3.05) is 13.2 Å². The van der Waals surface area contributed by atoms with Gasteiger partial charge < -0.3 is 19.0 Å². The Bertz CT molecular complexity index is 984. The Hall–Kier alpha value is -3.02. The van der Waals surface area contributed by atoms with Crippen molar-refractivity contribution in [2.24, 2.45) is 0 Å². The van der Waals surface area contributed by atoms with Gasteiger partial charge in [-0.15, -0.1) is 0 Å². The molecule has 0 aliphatic carbocycles. The number of aryl methyl sites for hydroxylation is 3. The maximum Gasteiger partial charge on any atom is 0.244 e. The third-order valence-corrected chi connectivity index (χ3v) is 4.80. The summed E-state index contributed by atoms with van der Waals surface area (Å²) >= 11 is 0. The van der Waals surface area contributed by atoms with Crippen LogP contribution >= 0.6 is 0 Å². The quantitative estimate of drug-likeness (QED) is 0.468. The van der Waals surface area contributed by atoms with Gasteiger partial charge in [-0.05, 0) is 51.3 Å². The van der Waals surface area contributed by atoms with Gasteiger partial charge in [0.1, 0.15) is 17.1 Å². The highest BCUT2D eigenvalue weighted by atomic mass is 16.5. The van der Waals surface area contributed by atoms with Gasteiger partial charge in [0.15, 0.2) is 0 Å². The lowest BCUT2D eigenvalue weighted by Crippen LogP contribution is -2.23. The second-order valence-electron chi connectivity index (χ2n) is 6.83. The van der Waals surface area contributed by atoms with E-state index in [-0.39, 0.29) is 5.91 Å². The monoisotopic (exact) mass is 381 g/mol. The van der Waals surface area contributed by atoms with Gasteiger partial charge >= 0.3 is 0 Å². The molecule has 0 unspecified atom stereocenters. The number of imidazole rings is 1. The van der Waals surface area contributed by atoms with E-state index in [1.807, 2.05) is 50.6 Å². The van der Waals surface area contributed by atoms with Gasteiger partial charge in [-0.1, -0.05) is 0 Å². The lowest BCUT2D eigenvalue weighted by atomic mass is 10.0. The number of hydrogen-bond donors (Lipinski definition) is 1. The molecule has 0 bridgehead atoms. The molecule has 0 saturated carbocycles. The van der Waals surface area contributed by atoms with E-state index >= 15 is 0 Å². The smallest absolute Gasteiger partial charge is 0.244 e. The highest BCUT2D eigenvalue weighted by Crippen LogP contribution is 2.34. The first-order chi connectivity index (χ1) is 13.5. The first-order valence-electron chi connectivity index (χ1n) is 9.58. The maximum absolute atomic E-state index is 12.3. The SMILES string of the molecule is CCOc1cc2oc(C)c(C)c2cc1/C(C)=C/C(=O)NCCCn1ccnc1. The molecule has 2 aromatic heterocycles. The Morgan fingerprint density at radius 3 is 2.89 bits per heavy atom. The third kappa shape index (κ3) is 4.44. The number of nitrogens with one attached hydrogen (secondary N) is 1. The second kappa shape index (κ2) is 8.78. The summed E-state index contributed by atoms with van der Waals surface area (Å²) in [5.41, 5.74) is 3.68. The van der Waals surface area contributed by atoms with Crippen molar-refractivity contribution in [1.82, 2.24) is 14.9 Å². The van der Waals surface area contributed by atoms with Crippen LogP contribution in [0, 0.1) is 13.8 Å². The van der Waals surface area contributed by atoms with Crippen LogP contribution in [0.1, 0.15) is 37.2 Å². The fourth-order valence-electron chi connectivity index (χ4n) is 3.17. The third-order valence-electron chi connectivity index (χ3n) is 4.80. The Labute approximate surface area is 165 Å². The van der Waals surface area contributed by atoms with Crippen molar-refractivity contribution >= 4 is 22.4 Å². The first-order valence-corrected chi connectivity index (χ1v) is 9.58. The number of carbonyl (C=O) groups excluding carboxylic acids is 1. The van der Waals surface area contributed by atoms with Gasteiger partial charge in [0.2, 0.25) is 5.91 Å². The summed E-state index contributed by atoms with van der Waals surface area (Å²) in [6.07, 6.45) is 7.91. The second-order valence-corrected chi connectivity index (χ2v) is 6.83. The van der Waals surface area contributed by atoms with E-state index in [9.17, 15) is 4.79 Å². The van der Waals surface area contributed by atoms with Crippen molar-refractivity contribution in [1.29, 1.82) is 0 Å². The van der Waals surface area contributed by atoms with Crippen molar-refractivity contribution in [3.05, 3.63) is 53.8 Å². The summed E-state index contributed by atoms with van der Waals surface area (Å²) < 4.78 is 13.6. The van der Waals surface area contributed by atoms with Crippen LogP contribution in [0.2, 0.25) is 0 Å². The molecular weight excluding hydrogens is 354 g/mol. The molecule has 28 heavy (non-hydrogen) atoms. The number of allylic oxidation sites excluding steroid dienone is 1. The van der Waals surface area contributed by atoms with Gasteiger partial charge in [0.25, 0.3) is 0 Å². The summed E-state index contributed by atoms with van der Waals surface area (Å²) in [5.74, 6) is 1.52.